The SMILES string of the molecule is Cc1ccc(C2C(C(=O)O)CC(=O)N2CC(C)C)cc1Br. The van der Waals surface area contributed by atoms with Crippen molar-refractivity contribution in [2.45, 2.75) is 33.2 Å². The maximum Gasteiger partial charge on any atom is 0.309 e. The van der Waals surface area contributed by atoms with E-state index in [9.17, 15) is 14.7 Å². The zero-order chi connectivity index (χ0) is 15.7. The van der Waals surface area contributed by atoms with E-state index in [0.29, 0.717) is 12.5 Å². The maximum atomic E-state index is 12.2. The predicted molar refractivity (Wildman–Crippen MR) is 83.9 cm³/mol. The molecule has 2 rings (SSSR count). The Hall–Kier alpha value is -1.36. The summed E-state index contributed by atoms with van der Waals surface area (Å²) in [6, 6.07) is 5.43. The number of halogens is 1. The quantitative estimate of drug-likeness (QED) is 0.902. The number of aliphatic carboxylic acids is 1. The lowest BCUT2D eigenvalue weighted by Gasteiger charge is -2.29. The Morgan fingerprint density at radius 2 is 2.14 bits per heavy atom. The number of rotatable bonds is 4. The molecule has 0 saturated carbocycles. The van der Waals surface area contributed by atoms with Crippen LogP contribution in [0.25, 0.3) is 0 Å². The van der Waals surface area contributed by atoms with Gasteiger partial charge in [-0.15, -0.1) is 0 Å². The van der Waals surface area contributed by atoms with E-state index in [1.54, 1.807) is 4.90 Å². The second-order valence-corrected chi connectivity index (χ2v) is 6.90. The van der Waals surface area contributed by atoms with Crippen LogP contribution in [0.4, 0.5) is 0 Å². The summed E-state index contributed by atoms with van der Waals surface area (Å²) >= 11 is 3.49. The van der Waals surface area contributed by atoms with Gasteiger partial charge in [-0.25, -0.2) is 0 Å². The van der Waals surface area contributed by atoms with E-state index in [1.807, 2.05) is 39.0 Å². The predicted octanol–water partition coefficient (Wildman–Crippen LogP) is 3.39. The van der Waals surface area contributed by atoms with E-state index < -0.39 is 11.9 Å². The standard InChI is InChI=1S/C16H20BrNO3/c1-9(2)8-18-14(19)7-12(16(20)21)15(18)11-5-4-10(3)13(17)6-11/h4-6,9,12,15H,7-8H2,1-3H3,(H,20,21). The molecule has 0 radical (unpaired) electrons. The van der Waals surface area contributed by atoms with Gasteiger partial charge in [-0.2, -0.15) is 0 Å². The van der Waals surface area contributed by atoms with E-state index in [0.717, 1.165) is 15.6 Å². The number of carboxylic acid groups (broad SMARTS) is 1. The number of likely N-dealkylation sites (tertiary alicyclic amines) is 1. The summed E-state index contributed by atoms with van der Waals surface area (Å²) in [4.78, 5) is 25.5. The molecule has 2 unspecified atom stereocenters. The molecule has 0 aliphatic carbocycles. The summed E-state index contributed by atoms with van der Waals surface area (Å²) in [6.07, 6.45) is 0.0816. The van der Waals surface area contributed by atoms with E-state index in [4.69, 9.17) is 0 Å². The second kappa shape index (κ2) is 6.18. The number of carboxylic acids is 1. The van der Waals surface area contributed by atoms with Crippen molar-refractivity contribution < 1.29 is 14.7 Å². The van der Waals surface area contributed by atoms with E-state index in [1.165, 1.54) is 0 Å². The van der Waals surface area contributed by atoms with E-state index in [2.05, 4.69) is 15.9 Å². The summed E-state index contributed by atoms with van der Waals surface area (Å²) in [7, 11) is 0. The van der Waals surface area contributed by atoms with E-state index in [-0.39, 0.29) is 18.4 Å². The molecule has 4 nitrogen and oxygen atoms in total. The third-order valence-electron chi connectivity index (χ3n) is 3.85. The summed E-state index contributed by atoms with van der Waals surface area (Å²) < 4.78 is 0.938. The number of hydrogen-bond acceptors (Lipinski definition) is 2. The largest absolute Gasteiger partial charge is 0.481 e. The van der Waals surface area contributed by atoms with Crippen molar-refractivity contribution in [2.24, 2.45) is 11.8 Å². The molecule has 0 aromatic heterocycles. The molecule has 2 atom stereocenters. The molecule has 1 aromatic carbocycles. The normalized spacial score (nSPS) is 22.1. The van der Waals surface area contributed by atoms with Gasteiger partial charge in [-0.3, -0.25) is 9.59 Å². The van der Waals surface area contributed by atoms with Gasteiger partial charge in [0.15, 0.2) is 0 Å². The third-order valence-corrected chi connectivity index (χ3v) is 4.70. The van der Waals surface area contributed by atoms with Crippen LogP contribution in [0.5, 0.6) is 0 Å². The first-order valence-corrected chi connectivity index (χ1v) is 7.89. The molecule has 1 saturated heterocycles. The Balaban J connectivity index is 2.43. The first-order chi connectivity index (χ1) is 9.81. The van der Waals surface area contributed by atoms with Gasteiger partial charge < -0.3 is 10.0 Å². The van der Waals surface area contributed by atoms with Crippen LogP contribution in [0.2, 0.25) is 0 Å². The molecule has 1 aromatic rings. The van der Waals surface area contributed by atoms with Crippen molar-refractivity contribution >= 4 is 27.8 Å². The van der Waals surface area contributed by atoms with Gasteiger partial charge in [0, 0.05) is 17.4 Å². The molecule has 1 fully saturated rings. The van der Waals surface area contributed by atoms with Gasteiger partial charge in [0.2, 0.25) is 5.91 Å². The molecule has 1 N–H and O–H groups in total. The first-order valence-electron chi connectivity index (χ1n) is 7.09. The lowest BCUT2D eigenvalue weighted by molar-refractivity contribution is -0.142. The molecular weight excluding hydrogens is 334 g/mol. The fraction of sp³-hybridized carbons (Fsp3) is 0.500. The van der Waals surface area contributed by atoms with Crippen molar-refractivity contribution in [3.05, 3.63) is 33.8 Å². The van der Waals surface area contributed by atoms with Gasteiger partial charge in [-0.1, -0.05) is 41.9 Å². The average Bonchev–Trinajstić information content (AvgIpc) is 2.70. The summed E-state index contributed by atoms with van der Waals surface area (Å²) in [5.41, 5.74) is 1.97. The highest BCUT2D eigenvalue weighted by Crippen LogP contribution is 2.39. The molecule has 0 spiro atoms. The van der Waals surface area contributed by atoms with Crippen LogP contribution >= 0.6 is 15.9 Å². The fourth-order valence-electron chi connectivity index (χ4n) is 2.83. The zero-order valence-electron chi connectivity index (χ0n) is 12.5. The van der Waals surface area contributed by atoms with Gasteiger partial charge in [0.25, 0.3) is 0 Å². The Bertz CT molecular complexity index is 571. The number of carbonyl (C=O) groups excluding carboxylic acids is 1. The molecule has 1 amide bonds. The average molecular weight is 354 g/mol. The monoisotopic (exact) mass is 353 g/mol. The number of amides is 1. The van der Waals surface area contributed by atoms with Crippen molar-refractivity contribution in [1.82, 2.24) is 4.90 Å². The number of nitrogens with zero attached hydrogens (tertiary/aromatic N) is 1. The Labute approximate surface area is 133 Å². The number of benzene rings is 1. The lowest BCUT2D eigenvalue weighted by atomic mass is 9.93. The number of aryl methyl sites for hydroxylation is 1. The Morgan fingerprint density at radius 3 is 2.67 bits per heavy atom. The van der Waals surface area contributed by atoms with Crippen LogP contribution in [0.1, 0.15) is 37.4 Å². The van der Waals surface area contributed by atoms with Gasteiger partial charge >= 0.3 is 5.97 Å². The molecular formula is C16H20BrNO3. The summed E-state index contributed by atoms with van der Waals surface area (Å²) in [5.74, 6) is -1.35. The van der Waals surface area contributed by atoms with Crippen LogP contribution in [0, 0.1) is 18.8 Å². The van der Waals surface area contributed by atoms with Crippen LogP contribution in [-0.4, -0.2) is 28.4 Å². The zero-order valence-corrected chi connectivity index (χ0v) is 14.1. The fourth-order valence-corrected chi connectivity index (χ4v) is 3.22. The van der Waals surface area contributed by atoms with Crippen molar-refractivity contribution in [3.8, 4) is 0 Å². The Morgan fingerprint density at radius 1 is 1.48 bits per heavy atom. The highest BCUT2D eigenvalue weighted by Gasteiger charge is 2.44. The van der Waals surface area contributed by atoms with E-state index >= 15 is 0 Å². The molecule has 1 heterocycles. The second-order valence-electron chi connectivity index (χ2n) is 6.04. The molecule has 21 heavy (non-hydrogen) atoms. The molecule has 1 aliphatic heterocycles. The first kappa shape index (κ1) is 16.0. The lowest BCUT2D eigenvalue weighted by Crippen LogP contribution is -2.33. The molecule has 1 aliphatic rings. The van der Waals surface area contributed by atoms with Gasteiger partial charge in [-0.05, 0) is 30.0 Å². The minimum atomic E-state index is -0.906. The minimum Gasteiger partial charge on any atom is -0.481 e. The summed E-state index contributed by atoms with van der Waals surface area (Å²) in [6.45, 7) is 6.62. The molecule has 114 valence electrons. The van der Waals surface area contributed by atoms with Crippen molar-refractivity contribution in [1.29, 1.82) is 0 Å². The van der Waals surface area contributed by atoms with Crippen molar-refractivity contribution in [3.63, 3.8) is 0 Å². The van der Waals surface area contributed by atoms with Crippen LogP contribution in [-0.2, 0) is 9.59 Å². The molecule has 5 heteroatoms. The highest BCUT2D eigenvalue weighted by molar-refractivity contribution is 9.10. The molecule has 0 bridgehead atoms. The third kappa shape index (κ3) is 3.28. The van der Waals surface area contributed by atoms with Gasteiger partial charge in [0.1, 0.15) is 0 Å². The Kier molecular flexibility index (Phi) is 4.71. The van der Waals surface area contributed by atoms with Crippen LogP contribution in [0.3, 0.4) is 0 Å². The van der Waals surface area contributed by atoms with Gasteiger partial charge in [0.05, 0.1) is 12.0 Å². The number of carbonyl (C=O) groups is 2. The van der Waals surface area contributed by atoms with Crippen molar-refractivity contribution in [2.75, 3.05) is 6.54 Å². The van der Waals surface area contributed by atoms with Crippen LogP contribution in [0.15, 0.2) is 22.7 Å². The maximum absolute atomic E-state index is 12.2. The summed E-state index contributed by atoms with van der Waals surface area (Å²) in [5, 5.41) is 9.45. The topological polar surface area (TPSA) is 57.6 Å². The number of hydrogen-bond donors (Lipinski definition) is 1. The smallest absolute Gasteiger partial charge is 0.309 e. The minimum absolute atomic E-state index is 0.0715. The van der Waals surface area contributed by atoms with Crippen LogP contribution < -0.4 is 0 Å². The highest BCUT2D eigenvalue weighted by atomic mass is 79.9.